The van der Waals surface area contributed by atoms with E-state index >= 15 is 0 Å². The van der Waals surface area contributed by atoms with E-state index in [9.17, 15) is 0 Å². The number of hydrogen-bond donors (Lipinski definition) is 2. The van der Waals surface area contributed by atoms with Gasteiger partial charge in [-0.25, -0.2) is 0 Å². The van der Waals surface area contributed by atoms with Crippen molar-refractivity contribution in [1.29, 1.82) is 0 Å². The van der Waals surface area contributed by atoms with Gasteiger partial charge in [0.25, 0.3) is 0 Å². The second-order valence-electron chi connectivity index (χ2n) is 4.83. The fraction of sp³-hybridized carbons (Fsp3) is 0.235. The molecule has 5 heteroatoms. The number of guanidine groups is 1. The maximum Gasteiger partial charge on any atom is 0.191 e. The molecule has 118 valence electrons. The number of benzene rings is 2. The van der Waals surface area contributed by atoms with Crippen molar-refractivity contribution < 1.29 is 0 Å². The first-order chi connectivity index (χ1) is 10.2. The highest BCUT2D eigenvalue weighted by molar-refractivity contribution is 14.0. The van der Waals surface area contributed by atoms with Crippen LogP contribution < -0.4 is 10.6 Å². The standard InChI is InChI=1S/C17H20BrN3.HI/c1-13(15-8-4-3-5-9-15)21-17(19-2)20-12-14-7-6-10-16(18)11-14;/h3-11,13H,12H2,1-2H3,(H2,19,20,21);1H. The number of rotatable bonds is 4. The highest BCUT2D eigenvalue weighted by atomic mass is 127. The van der Waals surface area contributed by atoms with Gasteiger partial charge in [0.15, 0.2) is 5.96 Å². The first-order valence-electron chi connectivity index (χ1n) is 6.95. The Kier molecular flexibility index (Phi) is 8.48. The molecule has 0 bridgehead atoms. The molecule has 0 aliphatic heterocycles. The van der Waals surface area contributed by atoms with E-state index in [-0.39, 0.29) is 30.0 Å². The average Bonchev–Trinajstić information content (AvgIpc) is 2.52. The van der Waals surface area contributed by atoms with Crippen LogP contribution in [0.1, 0.15) is 24.1 Å². The quantitative estimate of drug-likeness (QED) is 0.390. The maximum atomic E-state index is 4.27. The molecule has 2 N–H and O–H groups in total. The summed E-state index contributed by atoms with van der Waals surface area (Å²) in [4.78, 5) is 4.27. The molecule has 0 amide bonds. The molecule has 0 saturated carbocycles. The molecule has 0 fully saturated rings. The van der Waals surface area contributed by atoms with E-state index in [0.717, 1.165) is 17.0 Å². The normalized spacial score (nSPS) is 12.2. The fourth-order valence-corrected chi connectivity index (χ4v) is 2.50. The molecule has 0 aliphatic rings. The van der Waals surface area contributed by atoms with Gasteiger partial charge >= 0.3 is 0 Å². The van der Waals surface area contributed by atoms with Gasteiger partial charge in [-0.15, -0.1) is 24.0 Å². The van der Waals surface area contributed by atoms with Crippen molar-refractivity contribution in [3.05, 3.63) is 70.2 Å². The molecule has 2 rings (SSSR count). The number of nitrogens with one attached hydrogen (secondary N) is 2. The Labute approximate surface area is 157 Å². The zero-order valence-corrected chi connectivity index (χ0v) is 16.6. The van der Waals surface area contributed by atoms with Crippen LogP contribution in [0.3, 0.4) is 0 Å². The van der Waals surface area contributed by atoms with Crippen molar-refractivity contribution in [2.75, 3.05) is 7.05 Å². The van der Waals surface area contributed by atoms with E-state index in [4.69, 9.17) is 0 Å². The van der Waals surface area contributed by atoms with Crippen LogP contribution in [-0.2, 0) is 6.54 Å². The molecule has 0 radical (unpaired) electrons. The molecule has 2 aromatic carbocycles. The summed E-state index contributed by atoms with van der Waals surface area (Å²) >= 11 is 3.48. The van der Waals surface area contributed by atoms with Crippen molar-refractivity contribution in [1.82, 2.24) is 10.6 Å². The van der Waals surface area contributed by atoms with Crippen LogP contribution in [0, 0.1) is 0 Å². The lowest BCUT2D eigenvalue weighted by atomic mass is 10.1. The van der Waals surface area contributed by atoms with Crippen LogP contribution in [0.4, 0.5) is 0 Å². The molecule has 0 aromatic heterocycles. The first-order valence-corrected chi connectivity index (χ1v) is 7.75. The lowest BCUT2D eigenvalue weighted by Crippen LogP contribution is -2.38. The van der Waals surface area contributed by atoms with Crippen LogP contribution in [0.5, 0.6) is 0 Å². The van der Waals surface area contributed by atoms with Crippen LogP contribution in [0.15, 0.2) is 64.1 Å². The number of halogens is 2. The summed E-state index contributed by atoms with van der Waals surface area (Å²) in [6, 6.07) is 18.8. The van der Waals surface area contributed by atoms with Gasteiger partial charge in [0.2, 0.25) is 0 Å². The van der Waals surface area contributed by atoms with E-state index in [1.807, 2.05) is 30.3 Å². The highest BCUT2D eigenvalue weighted by Crippen LogP contribution is 2.12. The van der Waals surface area contributed by atoms with Gasteiger partial charge in [0, 0.05) is 18.1 Å². The van der Waals surface area contributed by atoms with Crippen LogP contribution in [-0.4, -0.2) is 13.0 Å². The summed E-state index contributed by atoms with van der Waals surface area (Å²) in [6.07, 6.45) is 0. The minimum atomic E-state index is 0. The van der Waals surface area contributed by atoms with E-state index < -0.39 is 0 Å². The SMILES string of the molecule is CN=C(NCc1cccc(Br)c1)NC(C)c1ccccc1.I. The Hall–Kier alpha value is -1.08. The van der Waals surface area contributed by atoms with E-state index in [1.54, 1.807) is 7.05 Å². The lowest BCUT2D eigenvalue weighted by molar-refractivity contribution is 0.685. The lowest BCUT2D eigenvalue weighted by Gasteiger charge is -2.18. The summed E-state index contributed by atoms with van der Waals surface area (Å²) < 4.78 is 1.09. The van der Waals surface area contributed by atoms with Gasteiger partial charge in [-0.3, -0.25) is 4.99 Å². The van der Waals surface area contributed by atoms with Crippen LogP contribution in [0.2, 0.25) is 0 Å². The Balaban J connectivity index is 0.00000242. The third-order valence-electron chi connectivity index (χ3n) is 3.23. The van der Waals surface area contributed by atoms with Gasteiger partial charge in [-0.2, -0.15) is 0 Å². The largest absolute Gasteiger partial charge is 0.352 e. The van der Waals surface area contributed by atoms with Crippen molar-refractivity contribution >= 4 is 45.9 Å². The van der Waals surface area contributed by atoms with Crippen molar-refractivity contribution in [3.63, 3.8) is 0 Å². The van der Waals surface area contributed by atoms with E-state index in [2.05, 4.69) is 62.7 Å². The summed E-state index contributed by atoms with van der Waals surface area (Å²) in [5.74, 6) is 0.798. The number of nitrogens with zero attached hydrogens (tertiary/aromatic N) is 1. The van der Waals surface area contributed by atoms with E-state index in [1.165, 1.54) is 11.1 Å². The summed E-state index contributed by atoms with van der Waals surface area (Å²) in [5.41, 5.74) is 2.45. The van der Waals surface area contributed by atoms with Gasteiger partial charge in [-0.05, 0) is 30.2 Å². The third-order valence-corrected chi connectivity index (χ3v) is 3.72. The maximum absolute atomic E-state index is 4.27. The molecular weight excluding hydrogens is 453 g/mol. The van der Waals surface area contributed by atoms with Gasteiger partial charge < -0.3 is 10.6 Å². The second-order valence-corrected chi connectivity index (χ2v) is 5.75. The second kappa shape index (κ2) is 9.84. The minimum absolute atomic E-state index is 0. The zero-order valence-electron chi connectivity index (χ0n) is 12.7. The third kappa shape index (κ3) is 5.96. The number of aliphatic imine (C=N–C) groups is 1. The highest BCUT2D eigenvalue weighted by Gasteiger charge is 2.06. The molecular formula is C17H21BrIN3. The van der Waals surface area contributed by atoms with Crippen molar-refractivity contribution in [2.45, 2.75) is 19.5 Å². The molecule has 0 aliphatic carbocycles. The Morgan fingerprint density at radius 1 is 1.14 bits per heavy atom. The monoisotopic (exact) mass is 473 g/mol. The topological polar surface area (TPSA) is 36.4 Å². The number of hydrogen-bond acceptors (Lipinski definition) is 1. The van der Waals surface area contributed by atoms with Gasteiger partial charge in [0.05, 0.1) is 6.04 Å². The van der Waals surface area contributed by atoms with E-state index in [0.29, 0.717) is 0 Å². The van der Waals surface area contributed by atoms with Crippen molar-refractivity contribution in [3.8, 4) is 0 Å². The van der Waals surface area contributed by atoms with Crippen LogP contribution in [0.25, 0.3) is 0 Å². The predicted molar refractivity (Wildman–Crippen MR) is 108 cm³/mol. The van der Waals surface area contributed by atoms with Gasteiger partial charge in [0.1, 0.15) is 0 Å². The van der Waals surface area contributed by atoms with Crippen molar-refractivity contribution in [2.24, 2.45) is 4.99 Å². The predicted octanol–water partition coefficient (Wildman–Crippen LogP) is 4.49. The zero-order chi connectivity index (χ0) is 15.1. The minimum Gasteiger partial charge on any atom is -0.352 e. The first kappa shape index (κ1) is 19.0. The Bertz CT molecular complexity index is 602. The molecule has 1 atom stereocenters. The summed E-state index contributed by atoms with van der Waals surface area (Å²) in [7, 11) is 1.79. The molecule has 0 saturated heterocycles. The summed E-state index contributed by atoms with van der Waals surface area (Å²) in [5, 5.41) is 6.73. The fourth-order valence-electron chi connectivity index (χ4n) is 2.06. The molecule has 2 aromatic rings. The Morgan fingerprint density at radius 3 is 2.50 bits per heavy atom. The smallest absolute Gasteiger partial charge is 0.191 e. The van der Waals surface area contributed by atoms with Crippen LogP contribution >= 0.6 is 39.9 Å². The molecule has 0 spiro atoms. The summed E-state index contributed by atoms with van der Waals surface area (Å²) in [6.45, 7) is 2.86. The Morgan fingerprint density at radius 2 is 1.86 bits per heavy atom. The van der Waals surface area contributed by atoms with Gasteiger partial charge in [-0.1, -0.05) is 58.4 Å². The molecule has 1 unspecified atom stereocenters. The molecule has 3 nitrogen and oxygen atoms in total. The molecule has 0 heterocycles. The molecule has 22 heavy (non-hydrogen) atoms. The average molecular weight is 474 g/mol.